The number of likely N-dealkylation sites (tertiary alicyclic amines) is 1. The largest absolute Gasteiger partial charge is 0.478 e. The standard InChI is InChI=1S/C28H36F2N6O3/c1-34-27(32)26(36(28(34)37)20-7-13-38-14-8-20)22-15-21(23(30)16-24(22)31)18-3-4-25(33-17-18)39-12-2-9-35-10-5-19(29)6-11-35/h3-4,15-17,19-20H,2,5-14,31-32H2,1H3. The van der Waals surface area contributed by atoms with Crippen LogP contribution in [0.1, 0.15) is 38.1 Å². The molecule has 2 aliphatic heterocycles. The molecule has 2 saturated heterocycles. The maximum atomic E-state index is 15.1. The quantitative estimate of drug-likeness (QED) is 0.329. The second-order valence-electron chi connectivity index (χ2n) is 10.3. The molecule has 5 rings (SSSR count). The van der Waals surface area contributed by atoms with Gasteiger partial charge in [-0.1, -0.05) is 0 Å². The van der Waals surface area contributed by atoms with E-state index < -0.39 is 12.0 Å². The molecule has 4 heterocycles. The smallest absolute Gasteiger partial charge is 0.330 e. The van der Waals surface area contributed by atoms with E-state index in [0.29, 0.717) is 73.8 Å². The van der Waals surface area contributed by atoms with Crippen LogP contribution in [0, 0.1) is 5.82 Å². The van der Waals surface area contributed by atoms with Gasteiger partial charge >= 0.3 is 5.69 Å². The van der Waals surface area contributed by atoms with E-state index in [1.165, 1.54) is 10.6 Å². The third kappa shape index (κ3) is 5.79. The maximum absolute atomic E-state index is 15.1. The number of anilines is 2. The fourth-order valence-electron chi connectivity index (χ4n) is 5.42. The Kier molecular flexibility index (Phi) is 8.18. The number of hydrogen-bond donors (Lipinski definition) is 2. The highest BCUT2D eigenvalue weighted by Crippen LogP contribution is 2.38. The van der Waals surface area contributed by atoms with Gasteiger partial charge in [0.25, 0.3) is 0 Å². The first-order valence-corrected chi connectivity index (χ1v) is 13.5. The van der Waals surface area contributed by atoms with Gasteiger partial charge in [0, 0.05) is 80.6 Å². The van der Waals surface area contributed by atoms with Gasteiger partial charge in [0.1, 0.15) is 17.8 Å². The van der Waals surface area contributed by atoms with Crippen molar-refractivity contribution < 1.29 is 18.3 Å². The molecule has 11 heteroatoms. The third-order valence-electron chi connectivity index (χ3n) is 7.72. The molecule has 2 aliphatic rings. The van der Waals surface area contributed by atoms with Crippen molar-refractivity contribution in [2.24, 2.45) is 7.05 Å². The zero-order valence-electron chi connectivity index (χ0n) is 22.2. The average Bonchev–Trinajstić information content (AvgIpc) is 3.17. The molecule has 0 bridgehead atoms. The Morgan fingerprint density at radius 1 is 1.10 bits per heavy atom. The number of halogens is 2. The number of nitrogens with zero attached hydrogens (tertiary/aromatic N) is 4. The van der Waals surface area contributed by atoms with Gasteiger partial charge in [-0.05, 0) is 50.3 Å². The number of pyridine rings is 1. The molecule has 2 aromatic heterocycles. The van der Waals surface area contributed by atoms with Crippen molar-refractivity contribution in [1.82, 2.24) is 19.0 Å². The molecule has 0 spiro atoms. The molecule has 39 heavy (non-hydrogen) atoms. The highest BCUT2D eigenvalue weighted by molar-refractivity contribution is 5.85. The van der Waals surface area contributed by atoms with Gasteiger partial charge in [-0.3, -0.25) is 9.13 Å². The maximum Gasteiger partial charge on any atom is 0.330 e. The van der Waals surface area contributed by atoms with E-state index in [-0.39, 0.29) is 23.2 Å². The van der Waals surface area contributed by atoms with Crippen molar-refractivity contribution in [1.29, 1.82) is 0 Å². The van der Waals surface area contributed by atoms with Gasteiger partial charge in [-0.25, -0.2) is 18.6 Å². The van der Waals surface area contributed by atoms with Gasteiger partial charge < -0.3 is 25.8 Å². The van der Waals surface area contributed by atoms with Crippen LogP contribution in [0.5, 0.6) is 5.88 Å². The lowest BCUT2D eigenvalue weighted by Crippen LogP contribution is -2.35. The van der Waals surface area contributed by atoms with Crippen LogP contribution in [0.15, 0.2) is 35.3 Å². The van der Waals surface area contributed by atoms with E-state index in [1.807, 2.05) is 0 Å². The zero-order chi connectivity index (χ0) is 27.5. The van der Waals surface area contributed by atoms with Crippen LogP contribution in [0.2, 0.25) is 0 Å². The summed E-state index contributed by atoms with van der Waals surface area (Å²) in [5, 5.41) is 0. The molecule has 1 aromatic carbocycles. The molecular weight excluding hydrogens is 506 g/mol. The first-order chi connectivity index (χ1) is 18.8. The third-order valence-corrected chi connectivity index (χ3v) is 7.72. The number of benzene rings is 1. The van der Waals surface area contributed by atoms with E-state index in [9.17, 15) is 9.18 Å². The zero-order valence-corrected chi connectivity index (χ0v) is 22.2. The van der Waals surface area contributed by atoms with Gasteiger partial charge in [0.2, 0.25) is 5.88 Å². The van der Waals surface area contributed by atoms with Crippen molar-refractivity contribution in [3.05, 3.63) is 46.8 Å². The van der Waals surface area contributed by atoms with Crippen molar-refractivity contribution in [2.75, 3.05) is 50.9 Å². The molecule has 0 amide bonds. The SMILES string of the molecule is Cn1c(N)c(-c2cc(-c3ccc(OCCCN4CCC(F)CC4)nc3)c(F)cc2N)n(C2CCOCC2)c1=O. The van der Waals surface area contributed by atoms with E-state index in [2.05, 4.69) is 9.88 Å². The molecule has 0 atom stereocenters. The predicted octanol–water partition coefficient (Wildman–Crippen LogP) is 3.77. The first-order valence-electron chi connectivity index (χ1n) is 13.5. The van der Waals surface area contributed by atoms with E-state index in [1.54, 1.807) is 36.0 Å². The van der Waals surface area contributed by atoms with Crippen molar-refractivity contribution in [3.8, 4) is 28.3 Å². The number of nitrogens with two attached hydrogens (primary N) is 2. The Morgan fingerprint density at radius 2 is 1.85 bits per heavy atom. The lowest BCUT2D eigenvalue weighted by Gasteiger charge is -2.28. The highest BCUT2D eigenvalue weighted by Gasteiger charge is 2.27. The van der Waals surface area contributed by atoms with Crippen LogP contribution in [0.25, 0.3) is 22.4 Å². The van der Waals surface area contributed by atoms with Crippen LogP contribution in [-0.2, 0) is 11.8 Å². The summed E-state index contributed by atoms with van der Waals surface area (Å²) in [4.78, 5) is 19.7. The number of alkyl halides is 1. The number of nitrogen functional groups attached to an aromatic ring is 2. The minimum Gasteiger partial charge on any atom is -0.478 e. The summed E-state index contributed by atoms with van der Waals surface area (Å²) in [5.41, 5.74) is 14.4. The molecule has 210 valence electrons. The Hall–Kier alpha value is -3.44. The minimum atomic E-state index is -0.677. The summed E-state index contributed by atoms with van der Waals surface area (Å²) >= 11 is 0. The highest BCUT2D eigenvalue weighted by atomic mass is 19.1. The summed E-state index contributed by atoms with van der Waals surface area (Å²) < 4.78 is 42.7. The molecular formula is C28H36F2N6O3. The van der Waals surface area contributed by atoms with Crippen LogP contribution in [0.3, 0.4) is 0 Å². The van der Waals surface area contributed by atoms with Gasteiger partial charge in [-0.2, -0.15) is 0 Å². The van der Waals surface area contributed by atoms with Crippen LogP contribution in [-0.4, -0.2) is 64.6 Å². The summed E-state index contributed by atoms with van der Waals surface area (Å²) in [6.07, 6.45) is 4.22. The van der Waals surface area contributed by atoms with Crippen molar-refractivity contribution in [2.45, 2.75) is 44.3 Å². The van der Waals surface area contributed by atoms with E-state index in [0.717, 1.165) is 26.1 Å². The van der Waals surface area contributed by atoms with Crippen LogP contribution in [0.4, 0.5) is 20.3 Å². The normalized spacial score (nSPS) is 17.5. The average molecular weight is 543 g/mol. The molecule has 3 aromatic rings. The number of imidazole rings is 1. The molecule has 0 aliphatic carbocycles. The number of ether oxygens (including phenoxy) is 2. The predicted molar refractivity (Wildman–Crippen MR) is 147 cm³/mol. The fourth-order valence-corrected chi connectivity index (χ4v) is 5.42. The number of piperidine rings is 1. The Labute approximate surface area is 226 Å². The van der Waals surface area contributed by atoms with Crippen molar-refractivity contribution in [3.63, 3.8) is 0 Å². The first kappa shape index (κ1) is 27.1. The molecule has 0 unspecified atom stereocenters. The van der Waals surface area contributed by atoms with Gasteiger partial charge in [0.05, 0.1) is 12.3 Å². The number of rotatable bonds is 8. The second kappa shape index (κ2) is 11.7. The summed E-state index contributed by atoms with van der Waals surface area (Å²) in [5.74, 6) is 0.211. The minimum absolute atomic E-state index is 0.0914. The number of hydrogen-bond acceptors (Lipinski definition) is 7. The topological polar surface area (TPSA) is 114 Å². The van der Waals surface area contributed by atoms with Crippen molar-refractivity contribution >= 4 is 11.5 Å². The fraction of sp³-hybridized carbons (Fsp3) is 0.500. The van der Waals surface area contributed by atoms with Gasteiger partial charge in [-0.15, -0.1) is 0 Å². The molecule has 9 nitrogen and oxygen atoms in total. The summed E-state index contributed by atoms with van der Waals surface area (Å²) in [7, 11) is 1.62. The molecule has 0 saturated carbocycles. The second-order valence-corrected chi connectivity index (χ2v) is 10.3. The number of aromatic nitrogens is 3. The Bertz CT molecular complexity index is 1340. The monoisotopic (exact) mass is 542 g/mol. The molecule has 2 fully saturated rings. The summed E-state index contributed by atoms with van der Waals surface area (Å²) in [6.45, 7) is 4.00. The van der Waals surface area contributed by atoms with Crippen LogP contribution >= 0.6 is 0 Å². The van der Waals surface area contributed by atoms with Crippen LogP contribution < -0.4 is 21.9 Å². The lowest BCUT2D eigenvalue weighted by atomic mass is 9.99. The lowest BCUT2D eigenvalue weighted by molar-refractivity contribution is 0.0690. The summed E-state index contributed by atoms with van der Waals surface area (Å²) in [6, 6.07) is 6.24. The molecule has 4 N–H and O–H groups in total. The van der Waals surface area contributed by atoms with Gasteiger partial charge in [0.15, 0.2) is 0 Å². The Balaban J connectivity index is 1.34. The molecule has 0 radical (unpaired) electrons. The van der Waals surface area contributed by atoms with E-state index in [4.69, 9.17) is 20.9 Å². The Morgan fingerprint density at radius 3 is 2.54 bits per heavy atom. The van der Waals surface area contributed by atoms with E-state index >= 15 is 4.39 Å².